The van der Waals surface area contributed by atoms with E-state index in [1.165, 1.54) is 11.4 Å². The molecule has 0 amide bonds. The minimum Gasteiger partial charge on any atom is -0.494 e. The molecule has 0 unspecified atom stereocenters. The Hall–Kier alpha value is -2.36. The first kappa shape index (κ1) is 16.5. The van der Waals surface area contributed by atoms with Crippen molar-refractivity contribution in [3.63, 3.8) is 0 Å². The molecular formula is C20H26N2O2. The smallest absolute Gasteiger partial charge is 0.142 e. The van der Waals surface area contributed by atoms with E-state index in [1.807, 2.05) is 26.0 Å². The summed E-state index contributed by atoms with van der Waals surface area (Å²) in [6.07, 6.45) is 0. The summed E-state index contributed by atoms with van der Waals surface area (Å²) in [5, 5.41) is 0. The van der Waals surface area contributed by atoms with Crippen LogP contribution in [0.2, 0.25) is 0 Å². The van der Waals surface area contributed by atoms with Gasteiger partial charge in [-0.2, -0.15) is 0 Å². The summed E-state index contributed by atoms with van der Waals surface area (Å²) < 4.78 is 11.4. The summed E-state index contributed by atoms with van der Waals surface area (Å²) in [7, 11) is 0. The first-order chi connectivity index (χ1) is 11.8. The van der Waals surface area contributed by atoms with Crippen LogP contribution in [-0.4, -0.2) is 39.4 Å². The van der Waals surface area contributed by atoms with Crippen molar-refractivity contribution >= 4 is 11.4 Å². The quantitative estimate of drug-likeness (QED) is 0.806. The van der Waals surface area contributed by atoms with E-state index in [-0.39, 0.29) is 0 Å². The fourth-order valence-electron chi connectivity index (χ4n) is 3.14. The monoisotopic (exact) mass is 326 g/mol. The predicted octanol–water partition coefficient (Wildman–Crippen LogP) is 3.81. The Morgan fingerprint density at radius 1 is 0.792 bits per heavy atom. The molecule has 2 aromatic rings. The van der Waals surface area contributed by atoms with E-state index < -0.39 is 0 Å². The van der Waals surface area contributed by atoms with Crippen LogP contribution in [0.3, 0.4) is 0 Å². The Labute approximate surface area is 144 Å². The lowest BCUT2D eigenvalue weighted by molar-refractivity contribution is 0.340. The molecule has 2 aromatic carbocycles. The molecule has 24 heavy (non-hydrogen) atoms. The lowest BCUT2D eigenvalue weighted by atomic mass is 10.2. The lowest BCUT2D eigenvalue weighted by Gasteiger charge is -2.38. The van der Waals surface area contributed by atoms with Gasteiger partial charge in [0.2, 0.25) is 0 Å². The van der Waals surface area contributed by atoms with Crippen LogP contribution in [0.15, 0.2) is 48.5 Å². The average Bonchev–Trinajstić information content (AvgIpc) is 2.63. The largest absolute Gasteiger partial charge is 0.494 e. The van der Waals surface area contributed by atoms with Crippen molar-refractivity contribution in [1.29, 1.82) is 0 Å². The number of hydrogen-bond acceptors (Lipinski definition) is 4. The van der Waals surface area contributed by atoms with Crippen LogP contribution in [0.25, 0.3) is 0 Å². The van der Waals surface area contributed by atoms with Crippen molar-refractivity contribution < 1.29 is 9.47 Å². The molecule has 1 aliphatic rings. The molecule has 0 aliphatic carbocycles. The lowest BCUT2D eigenvalue weighted by Crippen LogP contribution is -2.46. The second-order valence-electron chi connectivity index (χ2n) is 5.81. The van der Waals surface area contributed by atoms with Gasteiger partial charge in [-0.25, -0.2) is 0 Å². The fourth-order valence-corrected chi connectivity index (χ4v) is 3.14. The fraction of sp³-hybridized carbons (Fsp3) is 0.400. The van der Waals surface area contributed by atoms with Crippen LogP contribution in [-0.2, 0) is 0 Å². The number of nitrogens with zero attached hydrogens (tertiary/aromatic N) is 2. The molecule has 3 rings (SSSR count). The van der Waals surface area contributed by atoms with Crippen LogP contribution in [0.4, 0.5) is 11.4 Å². The number of para-hydroxylation sites is 2. The minimum atomic E-state index is 0.696. The van der Waals surface area contributed by atoms with Gasteiger partial charge in [-0.3, -0.25) is 0 Å². The van der Waals surface area contributed by atoms with Crippen molar-refractivity contribution in [2.75, 3.05) is 49.2 Å². The van der Waals surface area contributed by atoms with E-state index in [0.29, 0.717) is 13.2 Å². The van der Waals surface area contributed by atoms with Gasteiger partial charge in [0.15, 0.2) is 0 Å². The van der Waals surface area contributed by atoms with E-state index >= 15 is 0 Å². The number of hydrogen-bond donors (Lipinski definition) is 0. The SMILES string of the molecule is CCOc1cccc(N2CCN(c3ccccc3OCC)CC2)c1. The Balaban J connectivity index is 1.67. The summed E-state index contributed by atoms with van der Waals surface area (Å²) in [6.45, 7) is 9.41. The second-order valence-corrected chi connectivity index (χ2v) is 5.81. The normalized spacial score (nSPS) is 14.6. The first-order valence-corrected chi connectivity index (χ1v) is 8.76. The highest BCUT2D eigenvalue weighted by Gasteiger charge is 2.20. The molecule has 128 valence electrons. The molecule has 0 aromatic heterocycles. The third kappa shape index (κ3) is 3.75. The number of rotatable bonds is 6. The molecule has 0 radical (unpaired) electrons. The van der Waals surface area contributed by atoms with Crippen LogP contribution < -0.4 is 19.3 Å². The van der Waals surface area contributed by atoms with Crippen molar-refractivity contribution in [1.82, 2.24) is 0 Å². The molecule has 0 spiro atoms. The maximum atomic E-state index is 5.77. The number of anilines is 2. The van der Waals surface area contributed by atoms with Crippen molar-refractivity contribution in [3.05, 3.63) is 48.5 Å². The van der Waals surface area contributed by atoms with Gasteiger partial charge in [-0.1, -0.05) is 18.2 Å². The first-order valence-electron chi connectivity index (χ1n) is 8.76. The zero-order chi connectivity index (χ0) is 16.8. The van der Waals surface area contributed by atoms with Gasteiger partial charge < -0.3 is 19.3 Å². The number of ether oxygens (including phenoxy) is 2. The molecule has 1 fully saturated rings. The molecule has 1 saturated heterocycles. The third-order valence-corrected chi connectivity index (χ3v) is 4.28. The topological polar surface area (TPSA) is 24.9 Å². The summed E-state index contributed by atoms with van der Waals surface area (Å²) in [5.74, 6) is 1.92. The summed E-state index contributed by atoms with van der Waals surface area (Å²) in [5.41, 5.74) is 2.43. The van der Waals surface area contributed by atoms with Gasteiger partial charge in [0, 0.05) is 37.9 Å². The van der Waals surface area contributed by atoms with Crippen LogP contribution in [0, 0.1) is 0 Å². The highest BCUT2D eigenvalue weighted by molar-refractivity contribution is 5.60. The van der Waals surface area contributed by atoms with E-state index in [4.69, 9.17) is 9.47 Å². The molecule has 4 nitrogen and oxygen atoms in total. The molecule has 4 heteroatoms. The van der Waals surface area contributed by atoms with E-state index in [9.17, 15) is 0 Å². The zero-order valence-corrected chi connectivity index (χ0v) is 14.6. The third-order valence-electron chi connectivity index (χ3n) is 4.28. The van der Waals surface area contributed by atoms with Gasteiger partial charge in [-0.05, 0) is 38.1 Å². The number of piperazine rings is 1. The molecule has 0 bridgehead atoms. The Kier molecular flexibility index (Phi) is 5.47. The Morgan fingerprint density at radius 3 is 2.25 bits per heavy atom. The van der Waals surface area contributed by atoms with Crippen molar-refractivity contribution in [3.8, 4) is 11.5 Å². The molecule has 0 atom stereocenters. The maximum Gasteiger partial charge on any atom is 0.142 e. The zero-order valence-electron chi connectivity index (χ0n) is 14.6. The Morgan fingerprint density at radius 2 is 1.50 bits per heavy atom. The average molecular weight is 326 g/mol. The highest BCUT2D eigenvalue weighted by atomic mass is 16.5. The van der Waals surface area contributed by atoms with Crippen molar-refractivity contribution in [2.24, 2.45) is 0 Å². The maximum absolute atomic E-state index is 5.77. The molecule has 1 aliphatic heterocycles. The van der Waals surface area contributed by atoms with Gasteiger partial charge >= 0.3 is 0 Å². The molecule has 1 heterocycles. The predicted molar refractivity (Wildman–Crippen MR) is 99.6 cm³/mol. The summed E-state index contributed by atoms with van der Waals surface area (Å²) >= 11 is 0. The summed E-state index contributed by atoms with van der Waals surface area (Å²) in [6, 6.07) is 16.7. The van der Waals surface area contributed by atoms with E-state index in [0.717, 1.165) is 37.7 Å². The van der Waals surface area contributed by atoms with Crippen LogP contribution in [0.1, 0.15) is 13.8 Å². The van der Waals surface area contributed by atoms with Gasteiger partial charge in [0.05, 0.1) is 18.9 Å². The molecular weight excluding hydrogens is 300 g/mol. The van der Waals surface area contributed by atoms with Gasteiger partial charge in [-0.15, -0.1) is 0 Å². The van der Waals surface area contributed by atoms with E-state index in [2.05, 4.69) is 46.2 Å². The van der Waals surface area contributed by atoms with E-state index in [1.54, 1.807) is 0 Å². The highest BCUT2D eigenvalue weighted by Crippen LogP contribution is 2.30. The van der Waals surface area contributed by atoms with Gasteiger partial charge in [0.25, 0.3) is 0 Å². The van der Waals surface area contributed by atoms with Crippen LogP contribution in [0.5, 0.6) is 11.5 Å². The van der Waals surface area contributed by atoms with Gasteiger partial charge in [0.1, 0.15) is 11.5 Å². The summed E-state index contributed by atoms with van der Waals surface area (Å²) in [4.78, 5) is 4.83. The molecule has 0 saturated carbocycles. The standard InChI is InChI=1S/C20H26N2O2/c1-3-23-18-9-7-8-17(16-18)21-12-14-22(15-13-21)19-10-5-6-11-20(19)24-4-2/h5-11,16H,3-4,12-15H2,1-2H3. The van der Waals surface area contributed by atoms with Crippen molar-refractivity contribution in [2.45, 2.75) is 13.8 Å². The number of benzene rings is 2. The Bertz CT molecular complexity index is 652. The van der Waals surface area contributed by atoms with Crippen LogP contribution >= 0.6 is 0 Å². The minimum absolute atomic E-state index is 0.696. The molecule has 0 N–H and O–H groups in total. The second kappa shape index (κ2) is 7.95.